The normalized spacial score (nSPS) is 20.2. The zero-order valence-corrected chi connectivity index (χ0v) is 20.7. The van der Waals surface area contributed by atoms with Crippen LogP contribution in [0.4, 0.5) is 10.1 Å². The number of rotatable bonds is 9. The number of aliphatic hydroxyl groups is 1. The number of carboxylic acid groups (broad SMARTS) is 1. The van der Waals surface area contributed by atoms with Crippen LogP contribution < -0.4 is 10.1 Å². The number of anilines is 1. The Balaban J connectivity index is 1.67. The molecule has 3 rings (SSSR count). The monoisotopic (exact) mass is 506 g/mol. The van der Waals surface area contributed by atoms with Crippen molar-refractivity contribution >= 4 is 29.2 Å². The number of nitrogens with zero attached hydrogens (tertiary/aromatic N) is 1. The Morgan fingerprint density at radius 1 is 1.17 bits per heavy atom. The molecule has 2 aromatic carbocycles. The van der Waals surface area contributed by atoms with Gasteiger partial charge in [-0.2, -0.15) is 0 Å². The van der Waals surface area contributed by atoms with Gasteiger partial charge in [0.1, 0.15) is 18.1 Å². The van der Waals surface area contributed by atoms with E-state index in [1.165, 1.54) is 23.1 Å². The minimum atomic E-state index is -1.14. The van der Waals surface area contributed by atoms with Crippen molar-refractivity contribution in [3.05, 3.63) is 58.9 Å². The van der Waals surface area contributed by atoms with Gasteiger partial charge in [-0.05, 0) is 69.4 Å². The molecule has 0 spiro atoms. The van der Waals surface area contributed by atoms with Gasteiger partial charge in [0.15, 0.2) is 0 Å². The Kier molecular flexibility index (Phi) is 9.34. The van der Waals surface area contributed by atoms with E-state index >= 15 is 0 Å². The van der Waals surface area contributed by atoms with Crippen LogP contribution in [0.3, 0.4) is 0 Å². The standard InChI is InChI=1S/C26H32ClFN2O5/c1-16(2)35-20-5-3-4-19(13-20)29-23-10-7-18(8-11-24(23)31)26(34)30(15-25(32)33)14-17-6-9-22(28)21(27)12-17/h3-6,9,12-13,16,18,23-24,29,31H,7-8,10-11,14-15H2,1-2H3,(H,32,33)/t18-,23+,24+/m1/s1. The highest BCUT2D eigenvalue weighted by Gasteiger charge is 2.32. The van der Waals surface area contributed by atoms with Gasteiger partial charge in [0, 0.05) is 24.2 Å². The summed E-state index contributed by atoms with van der Waals surface area (Å²) in [6.45, 7) is 3.43. The van der Waals surface area contributed by atoms with Gasteiger partial charge >= 0.3 is 5.97 Å². The Morgan fingerprint density at radius 2 is 1.91 bits per heavy atom. The number of ether oxygens (including phenoxy) is 1. The lowest BCUT2D eigenvalue weighted by atomic mass is 9.98. The molecule has 0 unspecified atom stereocenters. The van der Waals surface area contributed by atoms with Crippen LogP contribution in [-0.4, -0.2) is 51.8 Å². The maximum atomic E-state index is 13.5. The van der Waals surface area contributed by atoms with Gasteiger partial charge in [-0.1, -0.05) is 23.7 Å². The molecular weight excluding hydrogens is 475 g/mol. The summed E-state index contributed by atoms with van der Waals surface area (Å²) in [6, 6.07) is 11.3. The minimum Gasteiger partial charge on any atom is -0.491 e. The number of hydrogen-bond acceptors (Lipinski definition) is 5. The number of benzene rings is 2. The lowest BCUT2D eigenvalue weighted by Crippen LogP contribution is -2.39. The van der Waals surface area contributed by atoms with Crippen LogP contribution in [-0.2, 0) is 16.1 Å². The van der Waals surface area contributed by atoms with Gasteiger partial charge in [0.2, 0.25) is 5.91 Å². The van der Waals surface area contributed by atoms with Crippen molar-refractivity contribution < 1.29 is 28.9 Å². The number of hydrogen-bond donors (Lipinski definition) is 3. The zero-order valence-electron chi connectivity index (χ0n) is 19.9. The van der Waals surface area contributed by atoms with Crippen molar-refractivity contribution in [3.8, 4) is 5.75 Å². The van der Waals surface area contributed by atoms with Crippen LogP contribution in [0.2, 0.25) is 5.02 Å². The molecule has 190 valence electrons. The number of nitrogens with one attached hydrogen (secondary N) is 1. The average molecular weight is 507 g/mol. The highest BCUT2D eigenvalue weighted by atomic mass is 35.5. The van der Waals surface area contributed by atoms with E-state index < -0.39 is 30.4 Å². The van der Waals surface area contributed by atoms with Crippen LogP contribution in [0.25, 0.3) is 0 Å². The van der Waals surface area contributed by atoms with E-state index in [9.17, 15) is 24.2 Å². The average Bonchev–Trinajstić information content (AvgIpc) is 2.96. The second-order valence-electron chi connectivity index (χ2n) is 9.20. The van der Waals surface area contributed by atoms with Crippen molar-refractivity contribution in [2.24, 2.45) is 5.92 Å². The number of carbonyl (C=O) groups is 2. The van der Waals surface area contributed by atoms with Crippen LogP contribution in [0.5, 0.6) is 5.75 Å². The summed E-state index contributed by atoms with van der Waals surface area (Å²) in [6.07, 6.45) is 1.26. The second kappa shape index (κ2) is 12.2. The summed E-state index contributed by atoms with van der Waals surface area (Å²) < 4.78 is 19.2. The van der Waals surface area contributed by atoms with Crippen LogP contribution >= 0.6 is 11.6 Å². The summed E-state index contributed by atoms with van der Waals surface area (Å²) in [5.41, 5.74) is 1.36. The number of aliphatic carboxylic acids is 1. The van der Waals surface area contributed by atoms with Gasteiger partial charge in [-0.15, -0.1) is 0 Å². The van der Waals surface area contributed by atoms with Crippen molar-refractivity contribution in [1.29, 1.82) is 0 Å². The van der Waals surface area contributed by atoms with Gasteiger partial charge < -0.3 is 25.2 Å². The summed E-state index contributed by atoms with van der Waals surface area (Å²) in [5.74, 6) is -1.71. The van der Waals surface area contributed by atoms with E-state index in [-0.39, 0.29) is 29.6 Å². The molecule has 0 bridgehead atoms. The molecule has 1 aliphatic rings. The maximum absolute atomic E-state index is 13.5. The lowest BCUT2D eigenvalue weighted by molar-refractivity contribution is -0.147. The number of aliphatic hydroxyl groups excluding tert-OH is 1. The van der Waals surface area contributed by atoms with E-state index in [0.29, 0.717) is 31.2 Å². The smallest absolute Gasteiger partial charge is 0.323 e. The third-order valence-electron chi connectivity index (χ3n) is 6.00. The third-order valence-corrected chi connectivity index (χ3v) is 6.29. The summed E-state index contributed by atoms with van der Waals surface area (Å²) >= 11 is 5.85. The van der Waals surface area contributed by atoms with Gasteiger partial charge in [-0.25, -0.2) is 4.39 Å². The van der Waals surface area contributed by atoms with Crippen molar-refractivity contribution in [2.45, 2.75) is 64.3 Å². The number of carbonyl (C=O) groups excluding carboxylic acids is 1. The molecular formula is C26H32ClFN2O5. The Morgan fingerprint density at radius 3 is 2.60 bits per heavy atom. The van der Waals surface area contributed by atoms with Crippen molar-refractivity contribution in [2.75, 3.05) is 11.9 Å². The fraction of sp³-hybridized carbons (Fsp3) is 0.462. The predicted octanol–water partition coefficient (Wildman–Crippen LogP) is 4.71. The number of halogens is 2. The first-order valence-corrected chi connectivity index (χ1v) is 12.2. The predicted molar refractivity (Wildman–Crippen MR) is 132 cm³/mol. The minimum absolute atomic E-state index is 0.00844. The van der Waals surface area contributed by atoms with Crippen LogP contribution in [0, 0.1) is 11.7 Å². The van der Waals surface area contributed by atoms with Crippen molar-refractivity contribution in [3.63, 3.8) is 0 Å². The zero-order chi connectivity index (χ0) is 25.5. The quantitative estimate of drug-likeness (QED) is 0.426. The van der Waals surface area contributed by atoms with Gasteiger partial charge in [-0.3, -0.25) is 9.59 Å². The van der Waals surface area contributed by atoms with E-state index in [1.54, 1.807) is 0 Å². The third kappa shape index (κ3) is 7.83. The van der Waals surface area contributed by atoms with Crippen LogP contribution in [0.1, 0.15) is 45.1 Å². The van der Waals surface area contributed by atoms with Gasteiger partial charge in [0.25, 0.3) is 0 Å². The SMILES string of the molecule is CC(C)Oc1cccc(N[C@H]2CC[C@@H](C(=O)N(CC(=O)O)Cc3ccc(F)c(Cl)c3)CC[C@@H]2O)c1. The van der Waals surface area contributed by atoms with Crippen LogP contribution in [0.15, 0.2) is 42.5 Å². The highest BCUT2D eigenvalue weighted by molar-refractivity contribution is 6.30. The fourth-order valence-electron chi connectivity index (χ4n) is 4.34. The molecule has 0 aliphatic heterocycles. The van der Waals surface area contributed by atoms with E-state index in [0.717, 1.165) is 11.4 Å². The molecule has 7 nitrogen and oxygen atoms in total. The topological polar surface area (TPSA) is 99.1 Å². The highest BCUT2D eigenvalue weighted by Crippen LogP contribution is 2.29. The van der Waals surface area contributed by atoms with E-state index in [1.807, 2.05) is 38.1 Å². The van der Waals surface area contributed by atoms with Gasteiger partial charge in [0.05, 0.1) is 23.3 Å². The fourth-order valence-corrected chi connectivity index (χ4v) is 4.55. The number of carboxylic acids is 1. The summed E-state index contributed by atoms with van der Waals surface area (Å²) in [7, 11) is 0. The Bertz CT molecular complexity index is 1030. The molecule has 1 saturated carbocycles. The second-order valence-corrected chi connectivity index (χ2v) is 9.61. The molecule has 9 heteroatoms. The summed E-state index contributed by atoms with van der Waals surface area (Å²) in [4.78, 5) is 26.0. The molecule has 1 aliphatic carbocycles. The molecule has 1 amide bonds. The maximum Gasteiger partial charge on any atom is 0.323 e. The molecule has 0 heterocycles. The first-order valence-electron chi connectivity index (χ1n) is 11.8. The van der Waals surface area contributed by atoms with E-state index in [2.05, 4.69) is 5.32 Å². The first-order chi connectivity index (χ1) is 16.6. The molecule has 2 aromatic rings. The Labute approximate surface area is 209 Å². The first kappa shape index (κ1) is 26.8. The number of amides is 1. The Hall–Kier alpha value is -2.84. The lowest BCUT2D eigenvalue weighted by Gasteiger charge is -2.26. The molecule has 1 fully saturated rings. The van der Waals surface area contributed by atoms with E-state index in [4.69, 9.17) is 16.3 Å². The van der Waals surface area contributed by atoms with Crippen molar-refractivity contribution in [1.82, 2.24) is 4.90 Å². The molecule has 0 saturated heterocycles. The molecule has 35 heavy (non-hydrogen) atoms. The summed E-state index contributed by atoms with van der Waals surface area (Å²) in [5, 5.41) is 23.4. The largest absolute Gasteiger partial charge is 0.491 e. The molecule has 3 N–H and O–H groups in total. The molecule has 0 radical (unpaired) electrons. The molecule has 3 atom stereocenters. The molecule has 0 aromatic heterocycles.